The summed E-state index contributed by atoms with van der Waals surface area (Å²) < 4.78 is 7.12. The first-order valence-corrected chi connectivity index (χ1v) is 6.52. The monoisotopic (exact) mass is 281 g/mol. The van der Waals surface area contributed by atoms with Gasteiger partial charge in [0.25, 0.3) is 5.91 Å². The highest BCUT2D eigenvalue weighted by molar-refractivity contribution is 7.09. The number of carbonyl (C=O) groups is 1. The Hall–Kier alpha value is -1.86. The van der Waals surface area contributed by atoms with E-state index in [1.165, 1.54) is 11.3 Å². The zero-order valence-electron chi connectivity index (χ0n) is 10.9. The van der Waals surface area contributed by atoms with Crippen LogP contribution in [0.2, 0.25) is 0 Å². The van der Waals surface area contributed by atoms with Gasteiger partial charge < -0.3 is 4.42 Å². The van der Waals surface area contributed by atoms with Gasteiger partial charge in [-0.05, 0) is 26.8 Å². The Balaban J connectivity index is 2.34. The van der Waals surface area contributed by atoms with E-state index in [4.69, 9.17) is 10.3 Å². The second-order valence-corrected chi connectivity index (χ2v) is 5.42. The van der Waals surface area contributed by atoms with E-state index in [1.807, 2.05) is 13.8 Å². The predicted molar refractivity (Wildman–Crippen MR) is 72.3 cm³/mol. The molecule has 0 radical (unpaired) electrons. The molecule has 0 unspecified atom stereocenters. The van der Waals surface area contributed by atoms with Gasteiger partial charge in [0.15, 0.2) is 0 Å². The summed E-state index contributed by atoms with van der Waals surface area (Å²) in [6.45, 7) is 5.78. The fourth-order valence-electron chi connectivity index (χ4n) is 1.85. The van der Waals surface area contributed by atoms with Crippen molar-refractivity contribution in [2.45, 2.75) is 27.3 Å². The molecule has 0 saturated heterocycles. The van der Waals surface area contributed by atoms with Gasteiger partial charge >= 0.3 is 4.87 Å². The van der Waals surface area contributed by atoms with Crippen LogP contribution in [0.25, 0.3) is 0 Å². The van der Waals surface area contributed by atoms with Crippen molar-refractivity contribution in [2.75, 3.05) is 0 Å². The summed E-state index contributed by atoms with van der Waals surface area (Å²) in [6.07, 6.45) is 0. The molecule has 1 amide bonds. The van der Waals surface area contributed by atoms with Crippen LogP contribution in [-0.4, -0.2) is 10.5 Å². The molecule has 0 aliphatic carbocycles. The lowest BCUT2D eigenvalue weighted by Gasteiger charge is -2.01. The highest BCUT2D eigenvalue weighted by atomic mass is 32.1. The van der Waals surface area contributed by atoms with Crippen LogP contribution in [0, 0.1) is 20.8 Å². The molecule has 2 aromatic heterocycles. The van der Waals surface area contributed by atoms with Crippen molar-refractivity contribution in [1.29, 1.82) is 0 Å². The molecule has 102 valence electrons. The fourth-order valence-corrected chi connectivity index (χ4v) is 2.68. The number of nitrogen functional groups attached to an aromatic ring is 1. The number of hydrogen-bond donors (Lipinski definition) is 2. The Bertz CT molecular complexity index is 681. The number of aromatic nitrogens is 1. The second kappa shape index (κ2) is 5.02. The lowest BCUT2D eigenvalue weighted by molar-refractivity contribution is 0.0952. The van der Waals surface area contributed by atoms with Crippen LogP contribution in [0.4, 0.5) is 0 Å². The molecule has 7 heteroatoms. The maximum absolute atomic E-state index is 11.8. The number of amides is 1. The Labute approximate surface area is 113 Å². The van der Waals surface area contributed by atoms with Gasteiger partial charge in [-0.1, -0.05) is 11.3 Å². The molecule has 0 aromatic carbocycles. The topological polar surface area (TPSA) is 90.3 Å². The Kier molecular flexibility index (Phi) is 3.59. The van der Waals surface area contributed by atoms with E-state index < -0.39 is 5.91 Å². The van der Waals surface area contributed by atoms with Crippen molar-refractivity contribution >= 4 is 17.2 Å². The van der Waals surface area contributed by atoms with Crippen molar-refractivity contribution in [3.05, 3.63) is 43.4 Å². The van der Waals surface area contributed by atoms with E-state index in [0.717, 1.165) is 10.6 Å². The molecule has 0 aliphatic rings. The molecule has 19 heavy (non-hydrogen) atoms. The molecule has 0 fully saturated rings. The summed E-state index contributed by atoms with van der Waals surface area (Å²) in [4.78, 5) is 24.2. The van der Waals surface area contributed by atoms with E-state index in [0.29, 0.717) is 23.6 Å². The SMILES string of the molecule is Cc1oc(Cn2c(C)c(C)sc2=O)cc1C(=O)NN. The molecule has 0 saturated carbocycles. The molecule has 0 spiro atoms. The van der Waals surface area contributed by atoms with Crippen molar-refractivity contribution < 1.29 is 9.21 Å². The Morgan fingerprint density at radius 3 is 2.68 bits per heavy atom. The van der Waals surface area contributed by atoms with E-state index in [2.05, 4.69) is 5.43 Å². The van der Waals surface area contributed by atoms with E-state index in [1.54, 1.807) is 17.6 Å². The number of nitrogens with two attached hydrogens (primary N) is 1. The summed E-state index contributed by atoms with van der Waals surface area (Å²) in [7, 11) is 0. The number of hydrogen-bond acceptors (Lipinski definition) is 5. The number of nitrogens with one attached hydrogen (secondary N) is 1. The first-order chi connectivity index (χ1) is 8.93. The molecular weight excluding hydrogens is 266 g/mol. The number of thiazole rings is 1. The molecule has 2 aromatic rings. The minimum absolute atomic E-state index is 0.0334. The number of furan rings is 1. The first kappa shape index (κ1) is 13.6. The summed E-state index contributed by atoms with van der Waals surface area (Å²) in [5.74, 6) is 5.72. The van der Waals surface area contributed by atoms with Gasteiger partial charge in [0.05, 0.1) is 12.1 Å². The molecule has 3 N–H and O–H groups in total. The minimum atomic E-state index is -0.405. The lowest BCUT2D eigenvalue weighted by Crippen LogP contribution is -2.30. The van der Waals surface area contributed by atoms with Crippen LogP contribution in [0.5, 0.6) is 0 Å². The van der Waals surface area contributed by atoms with Crippen LogP contribution in [-0.2, 0) is 6.54 Å². The predicted octanol–water partition coefficient (Wildman–Crippen LogP) is 1.08. The number of carbonyl (C=O) groups excluding carboxylic acids is 1. The summed E-state index contributed by atoms with van der Waals surface area (Å²) in [6, 6.07) is 1.61. The average Bonchev–Trinajstić information content (AvgIpc) is 2.84. The highest BCUT2D eigenvalue weighted by Crippen LogP contribution is 2.17. The fraction of sp³-hybridized carbons (Fsp3) is 0.333. The Morgan fingerprint density at radius 1 is 1.47 bits per heavy atom. The van der Waals surface area contributed by atoms with Crippen molar-refractivity contribution in [1.82, 2.24) is 9.99 Å². The maximum atomic E-state index is 11.8. The maximum Gasteiger partial charge on any atom is 0.307 e. The van der Waals surface area contributed by atoms with E-state index in [-0.39, 0.29) is 4.87 Å². The normalized spacial score (nSPS) is 10.7. The summed E-state index contributed by atoms with van der Waals surface area (Å²) in [5, 5.41) is 0. The third kappa shape index (κ3) is 2.47. The van der Waals surface area contributed by atoms with Crippen LogP contribution >= 0.6 is 11.3 Å². The van der Waals surface area contributed by atoms with Crippen LogP contribution < -0.4 is 16.1 Å². The van der Waals surface area contributed by atoms with Crippen molar-refractivity contribution in [3.63, 3.8) is 0 Å². The molecule has 0 bridgehead atoms. The van der Waals surface area contributed by atoms with Gasteiger partial charge in [-0.15, -0.1) is 0 Å². The third-order valence-electron chi connectivity index (χ3n) is 3.03. The van der Waals surface area contributed by atoms with Crippen LogP contribution in [0.1, 0.15) is 32.4 Å². The van der Waals surface area contributed by atoms with Gasteiger partial charge in [-0.2, -0.15) is 0 Å². The summed E-state index contributed by atoms with van der Waals surface area (Å²) >= 11 is 1.20. The second-order valence-electron chi connectivity index (χ2n) is 4.25. The van der Waals surface area contributed by atoms with E-state index >= 15 is 0 Å². The zero-order chi connectivity index (χ0) is 14.2. The smallest absolute Gasteiger partial charge is 0.307 e. The quantitative estimate of drug-likeness (QED) is 0.500. The van der Waals surface area contributed by atoms with Gasteiger partial charge in [0.1, 0.15) is 11.5 Å². The number of hydrazine groups is 1. The number of rotatable bonds is 3. The molecule has 6 nitrogen and oxygen atoms in total. The largest absolute Gasteiger partial charge is 0.464 e. The number of nitrogens with zero attached hydrogens (tertiary/aromatic N) is 1. The highest BCUT2D eigenvalue weighted by Gasteiger charge is 2.16. The average molecular weight is 281 g/mol. The van der Waals surface area contributed by atoms with Crippen molar-refractivity contribution in [2.24, 2.45) is 5.84 Å². The van der Waals surface area contributed by atoms with Gasteiger partial charge in [-0.3, -0.25) is 19.6 Å². The molecule has 0 aliphatic heterocycles. The number of aryl methyl sites for hydroxylation is 2. The van der Waals surface area contributed by atoms with Crippen molar-refractivity contribution in [3.8, 4) is 0 Å². The van der Waals surface area contributed by atoms with Crippen LogP contribution in [0.15, 0.2) is 15.3 Å². The molecular formula is C12H15N3O3S. The first-order valence-electron chi connectivity index (χ1n) is 5.71. The zero-order valence-corrected chi connectivity index (χ0v) is 11.8. The van der Waals surface area contributed by atoms with Gasteiger partial charge in [-0.25, -0.2) is 5.84 Å². The lowest BCUT2D eigenvalue weighted by atomic mass is 10.2. The molecule has 2 heterocycles. The molecule has 2 rings (SSSR count). The summed E-state index contributed by atoms with van der Waals surface area (Å²) in [5.41, 5.74) is 3.36. The third-order valence-corrected chi connectivity index (χ3v) is 4.03. The minimum Gasteiger partial charge on any atom is -0.464 e. The van der Waals surface area contributed by atoms with Gasteiger partial charge in [0, 0.05) is 10.6 Å². The Morgan fingerprint density at radius 2 is 2.16 bits per heavy atom. The molecule has 0 atom stereocenters. The van der Waals surface area contributed by atoms with E-state index in [9.17, 15) is 9.59 Å². The van der Waals surface area contributed by atoms with Crippen LogP contribution in [0.3, 0.4) is 0 Å². The van der Waals surface area contributed by atoms with Gasteiger partial charge in [0.2, 0.25) is 0 Å². The standard InChI is InChI=1S/C12H15N3O3S/c1-6-8(3)19-12(17)15(6)5-9-4-10(7(2)18-9)11(16)14-13/h4H,5,13H2,1-3H3,(H,14,16).